The molecule has 2 aromatic rings. The zero-order valence-corrected chi connectivity index (χ0v) is 12.8. The van der Waals surface area contributed by atoms with Crippen LogP contribution in [0.15, 0.2) is 41.6 Å². The lowest BCUT2D eigenvalue weighted by molar-refractivity contribution is 0.339. The molecule has 0 spiro atoms. The van der Waals surface area contributed by atoms with Gasteiger partial charge in [-0.25, -0.2) is 13.7 Å². The van der Waals surface area contributed by atoms with Crippen LogP contribution in [0.2, 0.25) is 0 Å². The Bertz CT molecular complexity index is 714. The molecule has 1 aliphatic rings. The number of nitrogens with zero attached hydrogens (tertiary/aromatic N) is 3. The van der Waals surface area contributed by atoms with Gasteiger partial charge in [0, 0.05) is 31.1 Å². The summed E-state index contributed by atoms with van der Waals surface area (Å²) in [6.07, 6.45) is 7.16. The van der Waals surface area contributed by atoms with E-state index in [9.17, 15) is 8.42 Å². The molecule has 1 aliphatic heterocycles. The first-order valence-electron chi connectivity index (χ1n) is 7.02. The van der Waals surface area contributed by atoms with Crippen molar-refractivity contribution < 1.29 is 8.42 Å². The molecule has 3 rings (SSSR count). The molecule has 21 heavy (non-hydrogen) atoms. The minimum absolute atomic E-state index is 0.340. The van der Waals surface area contributed by atoms with Crippen LogP contribution in [0.3, 0.4) is 0 Å². The summed E-state index contributed by atoms with van der Waals surface area (Å²) < 4.78 is 24.9. The fourth-order valence-corrected chi connectivity index (χ4v) is 3.21. The molecule has 1 saturated heterocycles. The second kappa shape index (κ2) is 5.61. The molecule has 6 heteroatoms. The number of sulfone groups is 1. The van der Waals surface area contributed by atoms with Gasteiger partial charge in [0.15, 0.2) is 9.84 Å². The topological polar surface area (TPSA) is 66.1 Å². The zero-order valence-electron chi connectivity index (χ0n) is 11.9. The highest BCUT2D eigenvalue weighted by Gasteiger charge is 2.16. The van der Waals surface area contributed by atoms with Crippen molar-refractivity contribution in [2.75, 3.05) is 19.3 Å². The van der Waals surface area contributed by atoms with E-state index in [0.29, 0.717) is 10.9 Å². The lowest BCUT2D eigenvalue weighted by Gasteiger charge is -2.21. The quantitative estimate of drug-likeness (QED) is 0.869. The van der Waals surface area contributed by atoms with E-state index in [4.69, 9.17) is 0 Å². The largest absolute Gasteiger partial charge is 0.269 e. The second-order valence-corrected chi connectivity index (χ2v) is 7.42. The highest BCUT2D eigenvalue weighted by atomic mass is 32.2. The maximum atomic E-state index is 11.5. The summed E-state index contributed by atoms with van der Waals surface area (Å²) in [4.78, 5) is 0.340. The van der Waals surface area contributed by atoms with Crippen molar-refractivity contribution in [3.05, 3.63) is 36.7 Å². The molecule has 0 bridgehead atoms. The summed E-state index contributed by atoms with van der Waals surface area (Å²) >= 11 is 0. The molecule has 0 saturated carbocycles. The summed E-state index contributed by atoms with van der Waals surface area (Å²) in [7, 11) is -3.14. The predicted octanol–water partition coefficient (Wildman–Crippen LogP) is 1.89. The Morgan fingerprint density at radius 2 is 1.76 bits per heavy atom. The summed E-state index contributed by atoms with van der Waals surface area (Å²) in [6, 6.07) is 7.36. The molecule has 0 unspecified atom stereocenters. The van der Waals surface area contributed by atoms with Gasteiger partial charge < -0.3 is 0 Å². The van der Waals surface area contributed by atoms with Gasteiger partial charge in [-0.15, -0.1) is 0 Å². The maximum absolute atomic E-state index is 11.5. The minimum atomic E-state index is -3.14. The van der Waals surface area contributed by atoms with E-state index in [2.05, 4.69) is 10.4 Å². The molecule has 1 aromatic heterocycles. The maximum Gasteiger partial charge on any atom is 0.175 e. The number of rotatable bonds is 3. The Balaban J connectivity index is 1.82. The molecule has 111 valence electrons. The summed E-state index contributed by atoms with van der Waals surface area (Å²) in [5.41, 5.74) is 1.99. The van der Waals surface area contributed by atoms with E-state index < -0.39 is 9.84 Å². The predicted molar refractivity (Wildman–Crippen MR) is 80.9 cm³/mol. The van der Waals surface area contributed by atoms with Crippen LogP contribution in [0.25, 0.3) is 11.1 Å². The molecule has 1 fully saturated rings. The van der Waals surface area contributed by atoms with Crippen molar-refractivity contribution in [2.24, 2.45) is 0 Å². The van der Waals surface area contributed by atoms with Crippen molar-refractivity contribution in [1.82, 2.24) is 15.1 Å². The second-order valence-electron chi connectivity index (χ2n) is 5.41. The van der Waals surface area contributed by atoms with Crippen LogP contribution in [0, 0.1) is 0 Å². The van der Waals surface area contributed by atoms with Crippen LogP contribution < -0.4 is 5.32 Å². The summed E-state index contributed by atoms with van der Waals surface area (Å²) in [5, 5.41) is 8.80. The van der Waals surface area contributed by atoms with Crippen LogP contribution in [0.1, 0.15) is 18.9 Å². The van der Waals surface area contributed by atoms with E-state index in [-0.39, 0.29) is 0 Å². The standard InChI is InChI=1S/C15H18N3O2S/c1-21(19,20)15-4-2-12(3-5-15)13-10-17-18(11-13)14-6-8-16-9-7-14/h2-5,10-11,14H,6-9H2,1H3. The van der Waals surface area contributed by atoms with E-state index in [0.717, 1.165) is 37.1 Å². The van der Waals surface area contributed by atoms with Gasteiger partial charge in [0.1, 0.15) is 0 Å². The molecule has 0 amide bonds. The number of hydrogen-bond donors (Lipinski definition) is 0. The zero-order chi connectivity index (χ0) is 14.9. The van der Waals surface area contributed by atoms with Crippen molar-refractivity contribution in [3.63, 3.8) is 0 Å². The minimum Gasteiger partial charge on any atom is -0.269 e. The van der Waals surface area contributed by atoms with Gasteiger partial charge in [0.2, 0.25) is 0 Å². The first-order valence-corrected chi connectivity index (χ1v) is 8.91. The smallest absolute Gasteiger partial charge is 0.175 e. The SMILES string of the molecule is CS(=O)(=O)c1ccc(-c2cnn(C3CC[N]CC3)c2)cc1. The van der Waals surface area contributed by atoms with Crippen LogP contribution in [-0.4, -0.2) is 37.5 Å². The van der Waals surface area contributed by atoms with Crippen molar-refractivity contribution >= 4 is 9.84 Å². The fraction of sp³-hybridized carbons (Fsp3) is 0.400. The fourth-order valence-electron chi connectivity index (χ4n) is 2.58. The molecule has 2 heterocycles. The molecule has 1 aromatic carbocycles. The van der Waals surface area contributed by atoms with Gasteiger partial charge in [-0.2, -0.15) is 5.10 Å². The third-order valence-electron chi connectivity index (χ3n) is 3.83. The Morgan fingerprint density at radius 1 is 1.10 bits per heavy atom. The van der Waals surface area contributed by atoms with Gasteiger partial charge in [-0.3, -0.25) is 4.68 Å². The van der Waals surface area contributed by atoms with Crippen molar-refractivity contribution in [3.8, 4) is 11.1 Å². The Hall–Kier alpha value is -1.66. The number of hydrogen-bond acceptors (Lipinski definition) is 3. The van der Waals surface area contributed by atoms with E-state index in [1.807, 2.05) is 29.2 Å². The first-order chi connectivity index (χ1) is 10.0. The molecular weight excluding hydrogens is 286 g/mol. The third kappa shape index (κ3) is 3.16. The van der Waals surface area contributed by atoms with Gasteiger partial charge in [0.25, 0.3) is 0 Å². The molecule has 0 atom stereocenters. The average molecular weight is 304 g/mol. The number of aromatic nitrogens is 2. The van der Waals surface area contributed by atoms with Gasteiger partial charge >= 0.3 is 0 Å². The molecule has 1 radical (unpaired) electrons. The van der Waals surface area contributed by atoms with Gasteiger partial charge in [-0.1, -0.05) is 12.1 Å². The van der Waals surface area contributed by atoms with Crippen LogP contribution in [-0.2, 0) is 9.84 Å². The van der Waals surface area contributed by atoms with Crippen molar-refractivity contribution in [2.45, 2.75) is 23.8 Å². The monoisotopic (exact) mass is 304 g/mol. The van der Waals surface area contributed by atoms with Crippen LogP contribution >= 0.6 is 0 Å². The lowest BCUT2D eigenvalue weighted by Crippen LogP contribution is -2.24. The Morgan fingerprint density at radius 3 is 2.38 bits per heavy atom. The number of piperidine rings is 1. The summed E-state index contributed by atoms with van der Waals surface area (Å²) in [5.74, 6) is 0. The first kappa shape index (κ1) is 14.3. The molecular formula is C15H18N3O2S. The van der Waals surface area contributed by atoms with E-state index in [1.165, 1.54) is 6.26 Å². The summed E-state index contributed by atoms with van der Waals surface area (Å²) in [6.45, 7) is 1.81. The van der Waals surface area contributed by atoms with Crippen LogP contribution in [0.5, 0.6) is 0 Å². The van der Waals surface area contributed by atoms with Gasteiger partial charge in [-0.05, 0) is 30.5 Å². The third-order valence-corrected chi connectivity index (χ3v) is 4.96. The number of benzene rings is 1. The molecule has 0 aliphatic carbocycles. The average Bonchev–Trinajstić information content (AvgIpc) is 2.97. The highest BCUT2D eigenvalue weighted by Crippen LogP contribution is 2.24. The lowest BCUT2D eigenvalue weighted by atomic mass is 10.1. The van der Waals surface area contributed by atoms with E-state index >= 15 is 0 Å². The Labute approximate surface area is 124 Å². The van der Waals surface area contributed by atoms with Gasteiger partial charge in [0.05, 0.1) is 17.1 Å². The van der Waals surface area contributed by atoms with Crippen molar-refractivity contribution in [1.29, 1.82) is 0 Å². The normalized spacial score (nSPS) is 17.0. The van der Waals surface area contributed by atoms with E-state index in [1.54, 1.807) is 12.1 Å². The molecule has 0 N–H and O–H groups in total. The molecule has 5 nitrogen and oxygen atoms in total. The highest BCUT2D eigenvalue weighted by molar-refractivity contribution is 7.90. The van der Waals surface area contributed by atoms with Crippen LogP contribution in [0.4, 0.5) is 0 Å². The Kier molecular flexibility index (Phi) is 3.82.